The number of nitrogens with two attached hydrogens (primary N) is 1. The molecule has 0 aliphatic rings. The average Bonchev–Trinajstić information content (AvgIpc) is 2.11. The summed E-state index contributed by atoms with van der Waals surface area (Å²) in [6.07, 6.45) is 1.46. The van der Waals surface area contributed by atoms with Gasteiger partial charge in [0.2, 0.25) is 0 Å². The standard InChI is InChI=1S/C9H21NO2/c1-4-5-8(6-10)9(11)7(2)12-3/h7-9,11H,4-6,10H2,1-3H3. The van der Waals surface area contributed by atoms with E-state index in [1.165, 1.54) is 0 Å². The summed E-state index contributed by atoms with van der Waals surface area (Å²) >= 11 is 0. The van der Waals surface area contributed by atoms with Crippen LogP contribution in [0.3, 0.4) is 0 Å². The van der Waals surface area contributed by atoms with Gasteiger partial charge >= 0.3 is 0 Å². The van der Waals surface area contributed by atoms with Crippen molar-refractivity contribution in [1.82, 2.24) is 0 Å². The quantitative estimate of drug-likeness (QED) is 0.626. The van der Waals surface area contributed by atoms with Crippen LogP contribution in [0.25, 0.3) is 0 Å². The van der Waals surface area contributed by atoms with Crippen molar-refractivity contribution in [3.8, 4) is 0 Å². The molecule has 0 aromatic rings. The van der Waals surface area contributed by atoms with Gasteiger partial charge in [-0.15, -0.1) is 0 Å². The molecule has 3 atom stereocenters. The van der Waals surface area contributed by atoms with Crippen LogP contribution in [0.2, 0.25) is 0 Å². The Morgan fingerprint density at radius 3 is 2.42 bits per heavy atom. The second-order valence-electron chi connectivity index (χ2n) is 3.22. The maximum Gasteiger partial charge on any atom is 0.0839 e. The van der Waals surface area contributed by atoms with E-state index in [9.17, 15) is 5.11 Å². The Kier molecular flexibility index (Phi) is 6.34. The summed E-state index contributed by atoms with van der Waals surface area (Å²) in [5.74, 6) is 0.171. The lowest BCUT2D eigenvalue weighted by atomic mass is 9.94. The van der Waals surface area contributed by atoms with Crippen LogP contribution < -0.4 is 5.73 Å². The summed E-state index contributed by atoms with van der Waals surface area (Å²) in [5.41, 5.74) is 5.54. The summed E-state index contributed by atoms with van der Waals surface area (Å²) in [6.45, 7) is 4.48. The van der Waals surface area contributed by atoms with E-state index >= 15 is 0 Å². The Morgan fingerprint density at radius 1 is 1.50 bits per heavy atom. The van der Waals surface area contributed by atoms with Gasteiger partial charge < -0.3 is 15.6 Å². The Morgan fingerprint density at radius 2 is 2.08 bits per heavy atom. The molecule has 12 heavy (non-hydrogen) atoms. The lowest BCUT2D eigenvalue weighted by Gasteiger charge is -2.25. The third kappa shape index (κ3) is 3.52. The minimum Gasteiger partial charge on any atom is -0.390 e. The van der Waals surface area contributed by atoms with E-state index < -0.39 is 6.10 Å². The molecule has 0 amide bonds. The first kappa shape index (κ1) is 11.9. The largest absolute Gasteiger partial charge is 0.390 e. The molecule has 0 saturated carbocycles. The number of ether oxygens (including phenoxy) is 1. The molecule has 0 aromatic heterocycles. The van der Waals surface area contributed by atoms with E-state index in [2.05, 4.69) is 6.92 Å². The highest BCUT2D eigenvalue weighted by molar-refractivity contribution is 4.74. The van der Waals surface area contributed by atoms with Gasteiger partial charge in [0.05, 0.1) is 12.2 Å². The van der Waals surface area contributed by atoms with Crippen molar-refractivity contribution in [3.63, 3.8) is 0 Å². The Bertz CT molecular complexity index is 109. The Hall–Kier alpha value is -0.120. The monoisotopic (exact) mass is 175 g/mol. The van der Waals surface area contributed by atoms with Gasteiger partial charge in [0.15, 0.2) is 0 Å². The van der Waals surface area contributed by atoms with E-state index in [0.717, 1.165) is 12.8 Å². The zero-order valence-electron chi connectivity index (χ0n) is 8.29. The molecule has 0 aliphatic carbocycles. The van der Waals surface area contributed by atoms with Crippen LogP contribution in [0.4, 0.5) is 0 Å². The van der Waals surface area contributed by atoms with Crippen LogP contribution in [-0.2, 0) is 4.74 Å². The van der Waals surface area contributed by atoms with Crippen LogP contribution in [0.5, 0.6) is 0 Å². The number of rotatable bonds is 6. The summed E-state index contributed by atoms with van der Waals surface area (Å²) in [7, 11) is 1.60. The topological polar surface area (TPSA) is 55.5 Å². The fourth-order valence-electron chi connectivity index (χ4n) is 1.32. The molecule has 3 unspecified atom stereocenters. The molecule has 0 fully saturated rings. The third-order valence-electron chi connectivity index (χ3n) is 2.30. The lowest BCUT2D eigenvalue weighted by Crippen LogP contribution is -2.36. The lowest BCUT2D eigenvalue weighted by molar-refractivity contribution is -0.0314. The minimum atomic E-state index is -0.431. The zero-order valence-corrected chi connectivity index (χ0v) is 8.29. The molecule has 0 spiro atoms. The van der Waals surface area contributed by atoms with Crippen molar-refractivity contribution in [2.24, 2.45) is 11.7 Å². The molecule has 0 saturated heterocycles. The number of hydrogen-bond donors (Lipinski definition) is 2. The maximum absolute atomic E-state index is 9.70. The van der Waals surface area contributed by atoms with E-state index in [-0.39, 0.29) is 12.0 Å². The second-order valence-corrected chi connectivity index (χ2v) is 3.22. The van der Waals surface area contributed by atoms with Gasteiger partial charge in [-0.1, -0.05) is 13.3 Å². The molecule has 3 heteroatoms. The van der Waals surface area contributed by atoms with Crippen LogP contribution in [0.1, 0.15) is 26.7 Å². The van der Waals surface area contributed by atoms with E-state index in [4.69, 9.17) is 10.5 Å². The van der Waals surface area contributed by atoms with Gasteiger partial charge in [-0.2, -0.15) is 0 Å². The van der Waals surface area contributed by atoms with Crippen LogP contribution in [0, 0.1) is 5.92 Å². The van der Waals surface area contributed by atoms with Crippen LogP contribution in [-0.4, -0.2) is 31.0 Å². The molecular formula is C9H21NO2. The number of aliphatic hydroxyl groups is 1. The molecule has 0 bridgehead atoms. The normalized spacial score (nSPS) is 18.8. The fraction of sp³-hybridized carbons (Fsp3) is 1.00. The molecule has 0 aromatic carbocycles. The second kappa shape index (κ2) is 6.40. The molecule has 3 nitrogen and oxygen atoms in total. The molecule has 3 N–H and O–H groups in total. The van der Waals surface area contributed by atoms with Gasteiger partial charge in [0.25, 0.3) is 0 Å². The number of hydrogen-bond acceptors (Lipinski definition) is 3. The molecular weight excluding hydrogens is 154 g/mol. The van der Waals surface area contributed by atoms with Gasteiger partial charge in [-0.3, -0.25) is 0 Å². The van der Waals surface area contributed by atoms with Crippen molar-refractivity contribution >= 4 is 0 Å². The first-order chi connectivity index (χ1) is 5.67. The number of methoxy groups -OCH3 is 1. The van der Waals surface area contributed by atoms with Gasteiger partial charge in [0.1, 0.15) is 0 Å². The summed E-state index contributed by atoms with van der Waals surface area (Å²) in [5, 5.41) is 9.70. The zero-order chi connectivity index (χ0) is 9.56. The third-order valence-corrected chi connectivity index (χ3v) is 2.30. The molecule has 0 rings (SSSR count). The van der Waals surface area contributed by atoms with E-state index in [1.807, 2.05) is 6.92 Å². The first-order valence-electron chi connectivity index (χ1n) is 4.58. The predicted molar refractivity (Wildman–Crippen MR) is 49.9 cm³/mol. The Balaban J connectivity index is 3.91. The predicted octanol–water partition coefficient (Wildman–Crippen LogP) is 0.757. The van der Waals surface area contributed by atoms with Crippen molar-refractivity contribution in [1.29, 1.82) is 0 Å². The maximum atomic E-state index is 9.70. The average molecular weight is 175 g/mol. The van der Waals surface area contributed by atoms with Crippen LogP contribution >= 0.6 is 0 Å². The smallest absolute Gasteiger partial charge is 0.0839 e. The number of aliphatic hydroxyl groups excluding tert-OH is 1. The van der Waals surface area contributed by atoms with E-state index in [0.29, 0.717) is 6.54 Å². The Labute approximate surface area is 74.9 Å². The molecule has 74 valence electrons. The summed E-state index contributed by atoms with van der Waals surface area (Å²) in [4.78, 5) is 0. The summed E-state index contributed by atoms with van der Waals surface area (Å²) < 4.78 is 5.04. The van der Waals surface area contributed by atoms with Crippen molar-refractivity contribution in [2.45, 2.75) is 38.9 Å². The first-order valence-corrected chi connectivity index (χ1v) is 4.58. The van der Waals surface area contributed by atoms with Gasteiger partial charge in [0, 0.05) is 7.11 Å². The van der Waals surface area contributed by atoms with Crippen molar-refractivity contribution < 1.29 is 9.84 Å². The molecule has 0 radical (unpaired) electrons. The highest BCUT2D eigenvalue weighted by Gasteiger charge is 2.22. The molecule has 0 aliphatic heterocycles. The van der Waals surface area contributed by atoms with Crippen molar-refractivity contribution in [3.05, 3.63) is 0 Å². The van der Waals surface area contributed by atoms with Gasteiger partial charge in [-0.05, 0) is 25.8 Å². The molecule has 0 heterocycles. The van der Waals surface area contributed by atoms with E-state index in [1.54, 1.807) is 7.11 Å². The van der Waals surface area contributed by atoms with Gasteiger partial charge in [-0.25, -0.2) is 0 Å². The highest BCUT2D eigenvalue weighted by Crippen LogP contribution is 2.14. The fourth-order valence-corrected chi connectivity index (χ4v) is 1.32. The minimum absolute atomic E-state index is 0.120. The highest BCUT2D eigenvalue weighted by atomic mass is 16.5. The summed E-state index contributed by atoms with van der Waals surface area (Å²) in [6, 6.07) is 0. The SMILES string of the molecule is CCCC(CN)C(O)C(C)OC. The van der Waals surface area contributed by atoms with Crippen molar-refractivity contribution in [2.75, 3.05) is 13.7 Å². The van der Waals surface area contributed by atoms with Crippen LogP contribution in [0.15, 0.2) is 0 Å².